The summed E-state index contributed by atoms with van der Waals surface area (Å²) in [4.78, 5) is 19.2. The number of hydrogen-bond acceptors (Lipinski definition) is 4. The third-order valence-electron chi connectivity index (χ3n) is 3.70. The van der Waals surface area contributed by atoms with E-state index in [0.717, 1.165) is 23.9 Å². The van der Waals surface area contributed by atoms with Crippen molar-refractivity contribution in [1.29, 1.82) is 0 Å². The van der Waals surface area contributed by atoms with Crippen LogP contribution >= 0.6 is 23.4 Å². The highest BCUT2D eigenvalue weighted by Gasteiger charge is 2.17. The first-order valence-corrected chi connectivity index (χ1v) is 9.72. The van der Waals surface area contributed by atoms with Gasteiger partial charge in [0.15, 0.2) is 5.17 Å². The van der Waals surface area contributed by atoms with Crippen LogP contribution in [0.15, 0.2) is 59.6 Å². The molecule has 0 aliphatic carbocycles. The number of carbonyl (C=O) groups excluding carboxylic acids is 1. The van der Waals surface area contributed by atoms with Gasteiger partial charge in [0.25, 0.3) is 0 Å². The molecule has 1 saturated heterocycles. The predicted molar refractivity (Wildman–Crippen MR) is 108 cm³/mol. The molecule has 0 bridgehead atoms. The number of thioether (sulfide) groups is 1. The average Bonchev–Trinajstić information content (AvgIpc) is 2.66. The zero-order chi connectivity index (χ0) is 18.2. The number of amides is 1. The SMILES string of the molecule is O=C(CSC(=Nc1ccccc1)N1CCOCC1)Nc1cccc(Cl)c1. The molecule has 1 fully saturated rings. The Kier molecular flexibility index (Phi) is 6.94. The van der Waals surface area contributed by atoms with E-state index in [1.165, 1.54) is 11.8 Å². The lowest BCUT2D eigenvalue weighted by molar-refractivity contribution is -0.113. The number of anilines is 1. The van der Waals surface area contributed by atoms with Gasteiger partial charge in [0.05, 0.1) is 24.7 Å². The number of nitrogens with zero attached hydrogens (tertiary/aromatic N) is 2. The van der Waals surface area contributed by atoms with Gasteiger partial charge in [-0.15, -0.1) is 0 Å². The molecule has 0 atom stereocenters. The van der Waals surface area contributed by atoms with Crippen molar-refractivity contribution in [1.82, 2.24) is 4.90 Å². The van der Waals surface area contributed by atoms with Gasteiger partial charge in [0.2, 0.25) is 5.91 Å². The minimum absolute atomic E-state index is 0.0914. The molecule has 2 aromatic carbocycles. The largest absolute Gasteiger partial charge is 0.378 e. The van der Waals surface area contributed by atoms with Gasteiger partial charge in [0, 0.05) is 23.8 Å². The minimum atomic E-state index is -0.0914. The van der Waals surface area contributed by atoms with E-state index < -0.39 is 0 Å². The molecule has 7 heteroatoms. The number of hydrogen-bond donors (Lipinski definition) is 1. The van der Waals surface area contributed by atoms with Crippen LogP contribution < -0.4 is 5.32 Å². The van der Waals surface area contributed by atoms with E-state index in [1.54, 1.807) is 18.2 Å². The summed E-state index contributed by atoms with van der Waals surface area (Å²) in [6, 6.07) is 16.9. The highest BCUT2D eigenvalue weighted by Crippen LogP contribution is 2.20. The van der Waals surface area contributed by atoms with Crippen LogP contribution in [0.3, 0.4) is 0 Å². The number of para-hydroxylation sites is 1. The molecule has 136 valence electrons. The summed E-state index contributed by atoms with van der Waals surface area (Å²) >= 11 is 7.38. The van der Waals surface area contributed by atoms with E-state index >= 15 is 0 Å². The zero-order valence-electron chi connectivity index (χ0n) is 14.2. The van der Waals surface area contributed by atoms with E-state index in [1.807, 2.05) is 36.4 Å². The van der Waals surface area contributed by atoms with Crippen LogP contribution in [0.5, 0.6) is 0 Å². The van der Waals surface area contributed by atoms with Crippen molar-refractivity contribution in [3.63, 3.8) is 0 Å². The van der Waals surface area contributed by atoms with Crippen molar-refractivity contribution in [2.45, 2.75) is 0 Å². The van der Waals surface area contributed by atoms with E-state index in [0.29, 0.717) is 23.9 Å². The lowest BCUT2D eigenvalue weighted by Gasteiger charge is -2.29. The summed E-state index contributed by atoms with van der Waals surface area (Å²) in [5.74, 6) is 0.182. The lowest BCUT2D eigenvalue weighted by Crippen LogP contribution is -2.39. The monoisotopic (exact) mass is 389 g/mol. The first kappa shape index (κ1) is 18.8. The second kappa shape index (κ2) is 9.62. The molecule has 1 N–H and O–H groups in total. The van der Waals surface area contributed by atoms with Crippen LogP contribution in [0.2, 0.25) is 5.02 Å². The topological polar surface area (TPSA) is 53.9 Å². The first-order chi connectivity index (χ1) is 12.7. The summed E-state index contributed by atoms with van der Waals surface area (Å²) < 4.78 is 5.42. The Labute approximate surface area is 162 Å². The van der Waals surface area contributed by atoms with E-state index in [9.17, 15) is 4.79 Å². The molecule has 0 aromatic heterocycles. The molecule has 2 aromatic rings. The molecule has 26 heavy (non-hydrogen) atoms. The van der Waals surface area contributed by atoms with Crippen LogP contribution in [-0.4, -0.2) is 48.0 Å². The van der Waals surface area contributed by atoms with Crippen molar-refractivity contribution in [2.75, 3.05) is 37.4 Å². The van der Waals surface area contributed by atoms with Gasteiger partial charge in [-0.1, -0.05) is 47.6 Å². The van der Waals surface area contributed by atoms with Crippen molar-refractivity contribution in [3.8, 4) is 0 Å². The molecule has 0 unspecified atom stereocenters. The van der Waals surface area contributed by atoms with Crippen LogP contribution in [0, 0.1) is 0 Å². The van der Waals surface area contributed by atoms with Crippen LogP contribution in [0.1, 0.15) is 0 Å². The molecule has 0 radical (unpaired) electrons. The fourth-order valence-electron chi connectivity index (χ4n) is 2.46. The molecule has 0 spiro atoms. The van der Waals surface area contributed by atoms with Gasteiger partial charge < -0.3 is 15.0 Å². The van der Waals surface area contributed by atoms with Gasteiger partial charge in [-0.3, -0.25) is 4.79 Å². The highest BCUT2D eigenvalue weighted by molar-refractivity contribution is 8.14. The van der Waals surface area contributed by atoms with E-state index in [4.69, 9.17) is 21.3 Å². The molecule has 1 amide bonds. The van der Waals surface area contributed by atoms with Gasteiger partial charge in [0.1, 0.15) is 0 Å². The standard InChI is InChI=1S/C19H20ClN3O2S/c20-15-5-4-8-17(13-15)21-18(24)14-26-19(23-9-11-25-12-10-23)22-16-6-2-1-3-7-16/h1-8,13H,9-12,14H2,(H,21,24). The summed E-state index contributed by atoms with van der Waals surface area (Å²) in [5.41, 5.74) is 1.56. The predicted octanol–water partition coefficient (Wildman–Crippen LogP) is 4.03. The van der Waals surface area contributed by atoms with Crippen molar-refractivity contribution >= 4 is 45.8 Å². The number of morpholine rings is 1. The maximum absolute atomic E-state index is 12.3. The first-order valence-electron chi connectivity index (χ1n) is 8.35. The summed E-state index contributed by atoms with van der Waals surface area (Å²) in [6.07, 6.45) is 0. The second-order valence-electron chi connectivity index (χ2n) is 5.68. The van der Waals surface area contributed by atoms with E-state index in [-0.39, 0.29) is 11.7 Å². The minimum Gasteiger partial charge on any atom is -0.378 e. The van der Waals surface area contributed by atoms with Crippen molar-refractivity contribution in [2.24, 2.45) is 4.99 Å². The normalized spacial score (nSPS) is 15.0. The average molecular weight is 390 g/mol. The fraction of sp³-hybridized carbons (Fsp3) is 0.263. The molecule has 1 aliphatic rings. The number of amidine groups is 1. The Morgan fingerprint density at radius 1 is 1.15 bits per heavy atom. The smallest absolute Gasteiger partial charge is 0.234 e. The molecule has 5 nitrogen and oxygen atoms in total. The maximum atomic E-state index is 12.3. The van der Waals surface area contributed by atoms with Crippen molar-refractivity contribution in [3.05, 3.63) is 59.6 Å². The number of nitrogens with one attached hydrogen (secondary N) is 1. The molecule has 3 rings (SSSR count). The lowest BCUT2D eigenvalue weighted by atomic mass is 10.3. The van der Waals surface area contributed by atoms with Gasteiger partial charge in [-0.25, -0.2) is 4.99 Å². The molecular weight excluding hydrogens is 370 g/mol. The Morgan fingerprint density at radius 3 is 2.65 bits per heavy atom. The summed E-state index contributed by atoms with van der Waals surface area (Å²) in [7, 11) is 0. The summed E-state index contributed by atoms with van der Waals surface area (Å²) in [6.45, 7) is 2.88. The van der Waals surface area contributed by atoms with Gasteiger partial charge in [-0.2, -0.15) is 0 Å². The van der Waals surface area contributed by atoms with Gasteiger partial charge in [-0.05, 0) is 30.3 Å². The zero-order valence-corrected chi connectivity index (χ0v) is 15.8. The number of halogens is 1. The number of aliphatic imine (C=N–C) groups is 1. The number of benzene rings is 2. The Balaban J connectivity index is 1.65. The van der Waals surface area contributed by atoms with Gasteiger partial charge >= 0.3 is 0 Å². The molecule has 1 aliphatic heterocycles. The van der Waals surface area contributed by atoms with Crippen LogP contribution in [0.4, 0.5) is 11.4 Å². The van der Waals surface area contributed by atoms with Crippen LogP contribution in [0.25, 0.3) is 0 Å². The molecule has 1 heterocycles. The Hall–Kier alpha value is -2.02. The summed E-state index contributed by atoms with van der Waals surface area (Å²) in [5, 5.41) is 4.29. The number of rotatable bonds is 4. The molecule has 0 saturated carbocycles. The Morgan fingerprint density at radius 2 is 1.92 bits per heavy atom. The van der Waals surface area contributed by atoms with Crippen molar-refractivity contribution < 1.29 is 9.53 Å². The van der Waals surface area contributed by atoms with Crippen LogP contribution in [-0.2, 0) is 9.53 Å². The highest BCUT2D eigenvalue weighted by atomic mass is 35.5. The second-order valence-corrected chi connectivity index (χ2v) is 7.06. The fourth-order valence-corrected chi connectivity index (χ4v) is 3.51. The quantitative estimate of drug-likeness (QED) is 0.633. The number of carbonyl (C=O) groups is 1. The number of ether oxygens (including phenoxy) is 1. The third kappa shape index (κ3) is 5.76. The maximum Gasteiger partial charge on any atom is 0.234 e. The Bertz CT molecular complexity index is 764. The third-order valence-corrected chi connectivity index (χ3v) is 4.95. The van der Waals surface area contributed by atoms with E-state index in [2.05, 4.69) is 10.2 Å². The molecular formula is C19H20ClN3O2S.